The fourth-order valence-electron chi connectivity index (χ4n) is 1.97. The Labute approximate surface area is 109 Å². The normalized spacial score (nSPS) is 10.2. The molecule has 0 saturated carbocycles. The Hall–Kier alpha value is -2.02. The molecule has 0 unspecified atom stereocenters. The smallest absolute Gasteiger partial charge is 0.126 e. The Morgan fingerprint density at radius 2 is 1.61 bits per heavy atom. The van der Waals surface area contributed by atoms with E-state index in [2.05, 4.69) is 56.0 Å². The molecular formula is C17H18O. The number of hydrogen-bond acceptors (Lipinski definition) is 1. The van der Waals surface area contributed by atoms with E-state index in [0.29, 0.717) is 0 Å². The molecule has 2 aromatic carbocycles. The number of rotatable bonds is 3. The minimum absolute atomic E-state index is 0.876. The number of benzene rings is 2. The minimum Gasteiger partial charge on any atom is -0.496 e. The Kier molecular flexibility index (Phi) is 3.52. The first-order valence-corrected chi connectivity index (χ1v) is 6.03. The van der Waals surface area contributed by atoms with Crippen molar-refractivity contribution in [3.63, 3.8) is 0 Å². The fraction of sp³-hybridized carbons (Fsp3) is 0.176. The van der Waals surface area contributed by atoms with Gasteiger partial charge in [-0.25, -0.2) is 0 Å². The summed E-state index contributed by atoms with van der Waals surface area (Å²) in [5.74, 6) is 0.876. The summed E-state index contributed by atoms with van der Waals surface area (Å²) in [6, 6.07) is 14.7. The largest absolute Gasteiger partial charge is 0.496 e. The van der Waals surface area contributed by atoms with Crippen LogP contribution in [0, 0.1) is 6.92 Å². The van der Waals surface area contributed by atoms with E-state index in [9.17, 15) is 0 Å². The van der Waals surface area contributed by atoms with E-state index in [1.165, 1.54) is 11.1 Å². The lowest BCUT2D eigenvalue weighted by Gasteiger charge is -2.11. The van der Waals surface area contributed by atoms with Crippen molar-refractivity contribution in [1.82, 2.24) is 0 Å². The molecule has 0 spiro atoms. The van der Waals surface area contributed by atoms with Crippen molar-refractivity contribution in [2.45, 2.75) is 13.8 Å². The Morgan fingerprint density at radius 3 is 2.17 bits per heavy atom. The Bertz CT molecular complexity index is 565. The van der Waals surface area contributed by atoms with Crippen molar-refractivity contribution in [3.8, 4) is 16.9 Å². The molecule has 92 valence electrons. The summed E-state index contributed by atoms with van der Waals surface area (Å²) >= 11 is 0. The molecule has 0 amide bonds. The van der Waals surface area contributed by atoms with E-state index in [4.69, 9.17) is 4.74 Å². The van der Waals surface area contributed by atoms with Crippen LogP contribution in [-0.2, 0) is 0 Å². The molecule has 0 saturated heterocycles. The highest BCUT2D eigenvalue weighted by Crippen LogP contribution is 2.30. The molecule has 0 N–H and O–H groups in total. The van der Waals surface area contributed by atoms with Crippen LogP contribution < -0.4 is 4.74 Å². The molecule has 0 aliphatic carbocycles. The van der Waals surface area contributed by atoms with Gasteiger partial charge in [-0.3, -0.25) is 0 Å². The van der Waals surface area contributed by atoms with E-state index in [0.717, 1.165) is 22.4 Å². The molecule has 18 heavy (non-hydrogen) atoms. The van der Waals surface area contributed by atoms with Crippen LogP contribution in [0.5, 0.6) is 5.75 Å². The number of aryl methyl sites for hydroxylation is 1. The third kappa shape index (κ3) is 2.45. The molecular weight excluding hydrogens is 220 g/mol. The maximum absolute atomic E-state index is 5.43. The van der Waals surface area contributed by atoms with Crippen molar-refractivity contribution < 1.29 is 4.74 Å². The first kappa shape index (κ1) is 12.4. The molecule has 1 nitrogen and oxygen atoms in total. The van der Waals surface area contributed by atoms with Gasteiger partial charge in [-0.15, -0.1) is 0 Å². The maximum atomic E-state index is 5.43. The van der Waals surface area contributed by atoms with Gasteiger partial charge in [-0.2, -0.15) is 0 Å². The lowest BCUT2D eigenvalue weighted by molar-refractivity contribution is 0.413. The topological polar surface area (TPSA) is 9.23 Å². The standard InChI is InChI=1S/C17H18O/c1-12(2)16-10-9-15(11-17(16)18-4)14-7-5-13(3)6-8-14/h5-11H,1H2,2-4H3. The van der Waals surface area contributed by atoms with E-state index < -0.39 is 0 Å². The third-order valence-electron chi connectivity index (χ3n) is 3.05. The van der Waals surface area contributed by atoms with Crippen LogP contribution in [0.3, 0.4) is 0 Å². The molecule has 2 rings (SSSR count). The van der Waals surface area contributed by atoms with Gasteiger partial charge in [0.05, 0.1) is 7.11 Å². The number of hydrogen-bond donors (Lipinski definition) is 0. The SMILES string of the molecule is C=C(C)c1ccc(-c2ccc(C)cc2)cc1OC. The third-order valence-corrected chi connectivity index (χ3v) is 3.05. The lowest BCUT2D eigenvalue weighted by Crippen LogP contribution is -1.90. The number of methoxy groups -OCH3 is 1. The highest BCUT2D eigenvalue weighted by Gasteiger charge is 2.06. The monoisotopic (exact) mass is 238 g/mol. The fourth-order valence-corrected chi connectivity index (χ4v) is 1.97. The van der Waals surface area contributed by atoms with Crippen molar-refractivity contribution in [1.29, 1.82) is 0 Å². The summed E-state index contributed by atoms with van der Waals surface area (Å²) in [5, 5.41) is 0. The quantitative estimate of drug-likeness (QED) is 0.752. The van der Waals surface area contributed by atoms with Crippen LogP contribution >= 0.6 is 0 Å². The molecule has 0 atom stereocenters. The minimum atomic E-state index is 0.876. The predicted octanol–water partition coefficient (Wildman–Crippen LogP) is 4.70. The van der Waals surface area contributed by atoms with Crippen LogP contribution in [0.2, 0.25) is 0 Å². The lowest BCUT2D eigenvalue weighted by atomic mass is 10.00. The molecule has 0 radical (unpaired) electrons. The zero-order valence-corrected chi connectivity index (χ0v) is 11.2. The highest BCUT2D eigenvalue weighted by atomic mass is 16.5. The zero-order valence-electron chi connectivity index (χ0n) is 11.2. The summed E-state index contributed by atoms with van der Waals surface area (Å²) in [6.07, 6.45) is 0. The van der Waals surface area contributed by atoms with Gasteiger partial charge in [0.15, 0.2) is 0 Å². The van der Waals surface area contributed by atoms with Gasteiger partial charge in [0.25, 0.3) is 0 Å². The first-order chi connectivity index (χ1) is 8.61. The summed E-state index contributed by atoms with van der Waals surface area (Å²) in [4.78, 5) is 0. The van der Waals surface area contributed by atoms with Gasteiger partial charge in [-0.1, -0.05) is 48.5 Å². The summed E-state index contributed by atoms with van der Waals surface area (Å²) in [7, 11) is 1.70. The van der Waals surface area contributed by atoms with Crippen LogP contribution in [0.1, 0.15) is 18.1 Å². The maximum Gasteiger partial charge on any atom is 0.126 e. The second-order valence-electron chi connectivity index (χ2n) is 4.56. The van der Waals surface area contributed by atoms with Gasteiger partial charge < -0.3 is 4.74 Å². The molecule has 0 heterocycles. The van der Waals surface area contributed by atoms with E-state index in [1.807, 2.05) is 6.92 Å². The van der Waals surface area contributed by atoms with Crippen molar-refractivity contribution in [3.05, 3.63) is 60.2 Å². The first-order valence-electron chi connectivity index (χ1n) is 6.03. The molecule has 0 fully saturated rings. The van der Waals surface area contributed by atoms with Gasteiger partial charge >= 0.3 is 0 Å². The van der Waals surface area contributed by atoms with Crippen molar-refractivity contribution in [2.75, 3.05) is 7.11 Å². The predicted molar refractivity (Wildman–Crippen MR) is 77.9 cm³/mol. The number of ether oxygens (including phenoxy) is 1. The van der Waals surface area contributed by atoms with Crippen LogP contribution in [0.25, 0.3) is 16.7 Å². The van der Waals surface area contributed by atoms with Gasteiger partial charge in [0.2, 0.25) is 0 Å². The Morgan fingerprint density at radius 1 is 1.00 bits per heavy atom. The zero-order chi connectivity index (χ0) is 13.1. The summed E-state index contributed by atoms with van der Waals surface area (Å²) in [5.41, 5.74) is 5.71. The van der Waals surface area contributed by atoms with Gasteiger partial charge in [-0.05, 0) is 36.6 Å². The van der Waals surface area contributed by atoms with E-state index >= 15 is 0 Å². The number of allylic oxidation sites excluding steroid dienone is 1. The molecule has 1 heteroatoms. The van der Waals surface area contributed by atoms with E-state index in [-0.39, 0.29) is 0 Å². The summed E-state index contributed by atoms with van der Waals surface area (Å²) in [6.45, 7) is 8.05. The average Bonchev–Trinajstić information content (AvgIpc) is 2.38. The van der Waals surface area contributed by atoms with Gasteiger partial charge in [0, 0.05) is 5.56 Å². The van der Waals surface area contributed by atoms with Gasteiger partial charge in [0.1, 0.15) is 5.75 Å². The molecule has 2 aromatic rings. The highest BCUT2D eigenvalue weighted by molar-refractivity contribution is 5.73. The Balaban J connectivity index is 2.47. The average molecular weight is 238 g/mol. The molecule has 0 bridgehead atoms. The van der Waals surface area contributed by atoms with Crippen molar-refractivity contribution >= 4 is 5.57 Å². The molecule has 0 aliphatic rings. The van der Waals surface area contributed by atoms with Crippen LogP contribution in [0.15, 0.2) is 49.0 Å². The van der Waals surface area contributed by atoms with E-state index in [1.54, 1.807) is 7.11 Å². The van der Waals surface area contributed by atoms with Crippen LogP contribution in [0.4, 0.5) is 0 Å². The molecule has 0 aliphatic heterocycles. The molecule has 0 aromatic heterocycles. The van der Waals surface area contributed by atoms with Crippen LogP contribution in [-0.4, -0.2) is 7.11 Å². The van der Waals surface area contributed by atoms with Crippen molar-refractivity contribution in [2.24, 2.45) is 0 Å². The summed E-state index contributed by atoms with van der Waals surface area (Å²) < 4.78 is 5.43. The second-order valence-corrected chi connectivity index (χ2v) is 4.56. The second kappa shape index (κ2) is 5.09.